The summed E-state index contributed by atoms with van der Waals surface area (Å²) in [5.41, 5.74) is 3.00. The Bertz CT molecular complexity index is 866. The first kappa shape index (κ1) is 17.3. The molecule has 6 nitrogen and oxygen atoms in total. The molecule has 0 spiro atoms. The van der Waals surface area contributed by atoms with Crippen molar-refractivity contribution in [2.45, 2.75) is 0 Å². The van der Waals surface area contributed by atoms with Gasteiger partial charge in [-0.2, -0.15) is 0 Å². The van der Waals surface area contributed by atoms with Crippen molar-refractivity contribution in [2.75, 3.05) is 14.2 Å². The van der Waals surface area contributed by atoms with Gasteiger partial charge in [0, 0.05) is 12.1 Å². The quantitative estimate of drug-likeness (QED) is 0.633. The first-order valence-electron chi connectivity index (χ1n) is 7.97. The van der Waals surface area contributed by atoms with Gasteiger partial charge in [-0.1, -0.05) is 18.2 Å². The van der Waals surface area contributed by atoms with E-state index in [0.29, 0.717) is 11.8 Å². The highest BCUT2D eigenvalue weighted by molar-refractivity contribution is 5.81. The molecule has 0 aliphatic carbocycles. The Morgan fingerprint density at radius 2 is 1.15 bits per heavy atom. The molecule has 2 aromatic heterocycles. The van der Waals surface area contributed by atoms with Gasteiger partial charge < -0.3 is 9.47 Å². The Morgan fingerprint density at radius 1 is 0.692 bits per heavy atom. The maximum atomic E-state index is 5.11. The lowest BCUT2D eigenvalue weighted by atomic mass is 10.3. The van der Waals surface area contributed by atoms with Crippen LogP contribution in [0.25, 0.3) is 0 Å². The van der Waals surface area contributed by atoms with Gasteiger partial charge in [0.1, 0.15) is 0 Å². The summed E-state index contributed by atoms with van der Waals surface area (Å²) in [7, 11) is 3.17. The SMILES string of the molecule is COc1cccc(C=Nc2cccc(N=Cc3cccc(OC)n3)c2)n1. The number of hydrogen-bond donors (Lipinski definition) is 0. The highest BCUT2D eigenvalue weighted by atomic mass is 16.5. The molecule has 3 aromatic rings. The molecule has 0 unspecified atom stereocenters. The van der Waals surface area contributed by atoms with Gasteiger partial charge >= 0.3 is 0 Å². The fourth-order valence-corrected chi connectivity index (χ4v) is 2.17. The first-order valence-corrected chi connectivity index (χ1v) is 7.97. The number of aromatic nitrogens is 2. The van der Waals surface area contributed by atoms with Crippen LogP contribution in [0.3, 0.4) is 0 Å². The molecule has 130 valence electrons. The number of ether oxygens (including phenoxy) is 2. The molecule has 0 N–H and O–H groups in total. The lowest BCUT2D eigenvalue weighted by Crippen LogP contribution is -1.91. The summed E-state index contributed by atoms with van der Waals surface area (Å²) in [6, 6.07) is 18.6. The van der Waals surface area contributed by atoms with E-state index >= 15 is 0 Å². The summed E-state index contributed by atoms with van der Waals surface area (Å²) in [5.74, 6) is 1.11. The normalized spacial score (nSPS) is 11.2. The molecule has 6 heteroatoms. The zero-order valence-electron chi connectivity index (χ0n) is 14.5. The molecule has 0 bridgehead atoms. The molecule has 0 fully saturated rings. The zero-order chi connectivity index (χ0) is 18.2. The Hall–Kier alpha value is -3.54. The van der Waals surface area contributed by atoms with Gasteiger partial charge in [0.15, 0.2) is 0 Å². The maximum Gasteiger partial charge on any atom is 0.213 e. The molecule has 26 heavy (non-hydrogen) atoms. The summed E-state index contributed by atoms with van der Waals surface area (Å²) < 4.78 is 10.2. The third kappa shape index (κ3) is 4.73. The second kappa shape index (κ2) is 8.53. The zero-order valence-corrected chi connectivity index (χ0v) is 14.5. The van der Waals surface area contributed by atoms with E-state index in [4.69, 9.17) is 9.47 Å². The van der Waals surface area contributed by atoms with Gasteiger partial charge in [0.2, 0.25) is 11.8 Å². The van der Waals surface area contributed by atoms with Crippen LogP contribution in [0.4, 0.5) is 11.4 Å². The molecular formula is C20H18N4O2. The Kier molecular flexibility index (Phi) is 5.67. The molecule has 0 saturated heterocycles. The van der Waals surface area contributed by atoms with Crippen molar-refractivity contribution in [2.24, 2.45) is 9.98 Å². The second-order valence-corrected chi connectivity index (χ2v) is 5.25. The van der Waals surface area contributed by atoms with Gasteiger partial charge in [-0.25, -0.2) is 9.97 Å². The minimum absolute atomic E-state index is 0.554. The molecule has 2 heterocycles. The molecule has 0 amide bonds. The average Bonchev–Trinajstić information content (AvgIpc) is 2.71. The maximum absolute atomic E-state index is 5.11. The van der Waals surface area contributed by atoms with Crippen molar-refractivity contribution in [1.29, 1.82) is 0 Å². The molecule has 1 aromatic carbocycles. The summed E-state index contributed by atoms with van der Waals surface area (Å²) in [4.78, 5) is 17.5. The molecule has 0 radical (unpaired) electrons. The van der Waals surface area contributed by atoms with Gasteiger partial charge in [-0.15, -0.1) is 0 Å². The van der Waals surface area contributed by atoms with Crippen molar-refractivity contribution >= 4 is 23.8 Å². The van der Waals surface area contributed by atoms with Crippen LogP contribution in [-0.4, -0.2) is 36.6 Å². The van der Waals surface area contributed by atoms with E-state index in [9.17, 15) is 0 Å². The fraction of sp³-hybridized carbons (Fsp3) is 0.100. The van der Waals surface area contributed by atoms with Gasteiger partial charge in [-0.3, -0.25) is 9.98 Å². The van der Waals surface area contributed by atoms with E-state index in [1.54, 1.807) is 38.8 Å². The van der Waals surface area contributed by atoms with Crippen molar-refractivity contribution in [3.63, 3.8) is 0 Å². The smallest absolute Gasteiger partial charge is 0.213 e. The van der Waals surface area contributed by atoms with Crippen LogP contribution in [0, 0.1) is 0 Å². The summed E-state index contributed by atoms with van der Waals surface area (Å²) in [6.07, 6.45) is 3.38. The summed E-state index contributed by atoms with van der Waals surface area (Å²) >= 11 is 0. The number of pyridine rings is 2. The summed E-state index contributed by atoms with van der Waals surface area (Å²) in [6.45, 7) is 0. The van der Waals surface area contributed by atoms with E-state index in [0.717, 1.165) is 22.8 Å². The molecular weight excluding hydrogens is 328 g/mol. The Morgan fingerprint density at radius 3 is 1.62 bits per heavy atom. The largest absolute Gasteiger partial charge is 0.481 e. The predicted octanol–water partition coefficient (Wildman–Crippen LogP) is 4.00. The van der Waals surface area contributed by atoms with Crippen LogP contribution < -0.4 is 9.47 Å². The van der Waals surface area contributed by atoms with E-state index in [-0.39, 0.29) is 0 Å². The minimum atomic E-state index is 0.554. The van der Waals surface area contributed by atoms with Crippen molar-refractivity contribution < 1.29 is 9.47 Å². The molecule has 0 saturated carbocycles. The van der Waals surface area contributed by atoms with Crippen LogP contribution in [0.2, 0.25) is 0 Å². The van der Waals surface area contributed by atoms with E-state index in [1.165, 1.54) is 0 Å². The van der Waals surface area contributed by atoms with Crippen molar-refractivity contribution in [3.8, 4) is 11.8 Å². The van der Waals surface area contributed by atoms with Crippen LogP contribution in [0.15, 0.2) is 70.6 Å². The van der Waals surface area contributed by atoms with Gasteiger partial charge in [-0.05, 0) is 30.3 Å². The van der Waals surface area contributed by atoms with Crippen molar-refractivity contribution in [1.82, 2.24) is 9.97 Å². The average molecular weight is 346 g/mol. The third-order valence-corrected chi connectivity index (χ3v) is 3.43. The molecule has 0 aliphatic rings. The number of hydrogen-bond acceptors (Lipinski definition) is 6. The highest BCUT2D eigenvalue weighted by Gasteiger charge is 1.97. The van der Waals surface area contributed by atoms with Gasteiger partial charge in [0.25, 0.3) is 0 Å². The van der Waals surface area contributed by atoms with Crippen LogP contribution in [0.5, 0.6) is 11.8 Å². The Labute approximate surface area is 151 Å². The molecule has 0 aliphatic heterocycles. The third-order valence-electron chi connectivity index (χ3n) is 3.43. The van der Waals surface area contributed by atoms with E-state index in [1.807, 2.05) is 48.5 Å². The van der Waals surface area contributed by atoms with Crippen LogP contribution in [-0.2, 0) is 0 Å². The molecule has 3 rings (SSSR count). The Balaban J connectivity index is 1.75. The summed E-state index contributed by atoms with van der Waals surface area (Å²) in [5, 5.41) is 0. The van der Waals surface area contributed by atoms with Gasteiger partial charge in [0.05, 0.1) is 49.4 Å². The van der Waals surface area contributed by atoms with E-state index in [2.05, 4.69) is 20.0 Å². The second-order valence-electron chi connectivity index (χ2n) is 5.25. The van der Waals surface area contributed by atoms with Crippen LogP contribution >= 0.6 is 0 Å². The standard InChI is InChI=1S/C20H18N4O2/c1-25-19-10-4-8-17(23-19)13-21-15-6-3-7-16(12-15)22-14-18-9-5-11-20(24-18)26-2/h3-14H,1-2H3. The predicted molar refractivity (Wildman–Crippen MR) is 103 cm³/mol. The van der Waals surface area contributed by atoms with Crippen molar-refractivity contribution in [3.05, 3.63) is 72.1 Å². The van der Waals surface area contributed by atoms with Crippen LogP contribution in [0.1, 0.15) is 11.4 Å². The number of aliphatic imine (C=N–C) groups is 2. The molecule has 0 atom stereocenters. The first-order chi connectivity index (χ1) is 12.8. The minimum Gasteiger partial charge on any atom is -0.481 e. The number of methoxy groups -OCH3 is 2. The van der Waals surface area contributed by atoms with E-state index < -0.39 is 0 Å². The number of benzene rings is 1. The number of nitrogens with zero attached hydrogens (tertiary/aromatic N) is 4. The number of rotatable bonds is 6. The monoisotopic (exact) mass is 346 g/mol. The lowest BCUT2D eigenvalue weighted by Gasteiger charge is -2.00. The fourth-order valence-electron chi connectivity index (χ4n) is 2.17. The lowest BCUT2D eigenvalue weighted by molar-refractivity contribution is 0.397. The highest BCUT2D eigenvalue weighted by Crippen LogP contribution is 2.20. The topological polar surface area (TPSA) is 69.0 Å².